The van der Waals surface area contributed by atoms with E-state index in [2.05, 4.69) is 15.9 Å². The molecule has 0 heterocycles. The predicted octanol–water partition coefficient (Wildman–Crippen LogP) is 3.96. The second-order valence-electron chi connectivity index (χ2n) is 5.64. The van der Waals surface area contributed by atoms with Gasteiger partial charge in [0.05, 0.1) is 0 Å². The summed E-state index contributed by atoms with van der Waals surface area (Å²) in [4.78, 5) is 11.6. The van der Waals surface area contributed by atoms with E-state index in [0.717, 1.165) is 22.9 Å². The van der Waals surface area contributed by atoms with Crippen LogP contribution in [0.1, 0.15) is 51.6 Å². The summed E-state index contributed by atoms with van der Waals surface area (Å²) >= 11 is 3.43. The molecule has 3 nitrogen and oxygen atoms in total. The van der Waals surface area contributed by atoms with Crippen molar-refractivity contribution in [3.05, 3.63) is 34.3 Å². The van der Waals surface area contributed by atoms with Crippen LogP contribution in [0.25, 0.3) is 0 Å². The fraction of sp³-hybridized carbons (Fsp3) is 0.533. The Hall–Kier alpha value is -0.870. The first kappa shape index (κ1) is 16.2. The van der Waals surface area contributed by atoms with Gasteiger partial charge in [0.25, 0.3) is 0 Å². The van der Waals surface area contributed by atoms with Gasteiger partial charge in [0.1, 0.15) is 5.60 Å². The molecule has 0 aromatic heterocycles. The van der Waals surface area contributed by atoms with Crippen LogP contribution in [0.4, 0.5) is 0 Å². The summed E-state index contributed by atoms with van der Waals surface area (Å²) in [6, 6.07) is 7.91. The summed E-state index contributed by atoms with van der Waals surface area (Å²) in [6.45, 7) is 5.62. The molecule has 0 fully saturated rings. The maximum absolute atomic E-state index is 11.6. The zero-order valence-electron chi connectivity index (χ0n) is 11.8. The van der Waals surface area contributed by atoms with E-state index in [1.54, 1.807) is 0 Å². The molecule has 2 N–H and O–H groups in total. The lowest BCUT2D eigenvalue weighted by molar-refractivity contribution is -0.154. The van der Waals surface area contributed by atoms with Gasteiger partial charge in [-0.25, -0.2) is 0 Å². The minimum atomic E-state index is -0.413. The van der Waals surface area contributed by atoms with Crippen LogP contribution in [-0.4, -0.2) is 11.6 Å². The molecule has 1 aromatic carbocycles. The van der Waals surface area contributed by atoms with Crippen molar-refractivity contribution in [3.63, 3.8) is 0 Å². The van der Waals surface area contributed by atoms with Crippen molar-refractivity contribution < 1.29 is 9.53 Å². The number of halogens is 1. The normalized spacial score (nSPS) is 13.1. The summed E-state index contributed by atoms with van der Waals surface area (Å²) in [5.74, 6) is -0.158. The summed E-state index contributed by atoms with van der Waals surface area (Å²) in [5, 5.41) is 0. The molecule has 0 aliphatic heterocycles. The fourth-order valence-corrected chi connectivity index (χ4v) is 2.18. The summed E-state index contributed by atoms with van der Waals surface area (Å²) in [7, 11) is 0. The first-order valence-electron chi connectivity index (χ1n) is 6.51. The molecular weight excluding hydrogens is 306 g/mol. The third-order valence-electron chi connectivity index (χ3n) is 2.59. The highest BCUT2D eigenvalue weighted by atomic mass is 79.9. The minimum absolute atomic E-state index is 0.0417. The lowest BCUT2D eigenvalue weighted by Crippen LogP contribution is -2.23. The number of nitrogens with two attached hydrogens (primary N) is 1. The monoisotopic (exact) mass is 327 g/mol. The topological polar surface area (TPSA) is 52.3 Å². The number of hydrogen-bond donors (Lipinski definition) is 1. The molecule has 19 heavy (non-hydrogen) atoms. The summed E-state index contributed by atoms with van der Waals surface area (Å²) in [5.41, 5.74) is 6.77. The number of rotatable bonds is 5. The van der Waals surface area contributed by atoms with E-state index < -0.39 is 5.60 Å². The molecule has 0 spiro atoms. The standard InChI is InChI=1S/C15H22BrNO2/c1-15(2,3)19-14(18)9-5-8-13(17)11-6-4-7-12(16)10-11/h4,6-7,10,13H,5,8-9,17H2,1-3H3/t13-/m1/s1. The van der Waals surface area contributed by atoms with E-state index in [1.165, 1.54) is 0 Å². The van der Waals surface area contributed by atoms with Gasteiger partial charge in [0.15, 0.2) is 0 Å². The van der Waals surface area contributed by atoms with E-state index in [9.17, 15) is 4.79 Å². The Morgan fingerprint density at radius 1 is 1.42 bits per heavy atom. The number of carbonyl (C=O) groups is 1. The van der Waals surface area contributed by atoms with Crippen molar-refractivity contribution in [2.45, 2.75) is 51.7 Å². The molecule has 0 saturated heterocycles. The number of ether oxygens (including phenoxy) is 1. The van der Waals surface area contributed by atoms with Gasteiger partial charge in [0, 0.05) is 16.9 Å². The molecule has 0 bridgehead atoms. The molecule has 1 rings (SSSR count). The molecule has 106 valence electrons. The molecule has 0 radical (unpaired) electrons. The average Bonchev–Trinajstić information content (AvgIpc) is 2.26. The van der Waals surface area contributed by atoms with Crippen LogP contribution >= 0.6 is 15.9 Å². The highest BCUT2D eigenvalue weighted by Gasteiger charge is 2.16. The van der Waals surface area contributed by atoms with Crippen molar-refractivity contribution in [3.8, 4) is 0 Å². The Bertz CT molecular complexity index is 426. The van der Waals surface area contributed by atoms with E-state index in [0.29, 0.717) is 6.42 Å². The Balaban J connectivity index is 2.35. The van der Waals surface area contributed by atoms with E-state index in [4.69, 9.17) is 10.5 Å². The van der Waals surface area contributed by atoms with Gasteiger partial charge >= 0.3 is 5.97 Å². The van der Waals surface area contributed by atoms with Gasteiger partial charge in [-0.3, -0.25) is 4.79 Å². The van der Waals surface area contributed by atoms with Crippen molar-refractivity contribution in [2.24, 2.45) is 5.73 Å². The molecule has 0 aliphatic rings. The highest BCUT2D eigenvalue weighted by molar-refractivity contribution is 9.10. The summed E-state index contributed by atoms with van der Waals surface area (Å²) in [6.07, 6.45) is 1.93. The van der Waals surface area contributed by atoms with E-state index in [-0.39, 0.29) is 12.0 Å². The summed E-state index contributed by atoms with van der Waals surface area (Å²) < 4.78 is 6.28. The predicted molar refractivity (Wildman–Crippen MR) is 80.8 cm³/mol. The van der Waals surface area contributed by atoms with Crippen LogP contribution in [0.15, 0.2) is 28.7 Å². The van der Waals surface area contributed by atoms with Gasteiger partial charge in [-0.05, 0) is 51.3 Å². The first-order valence-corrected chi connectivity index (χ1v) is 7.30. The van der Waals surface area contributed by atoms with Gasteiger partial charge < -0.3 is 10.5 Å². The maximum Gasteiger partial charge on any atom is 0.306 e. The smallest absolute Gasteiger partial charge is 0.306 e. The molecule has 1 atom stereocenters. The Labute approximate surface area is 123 Å². The Morgan fingerprint density at radius 2 is 2.11 bits per heavy atom. The van der Waals surface area contributed by atoms with E-state index in [1.807, 2.05) is 45.0 Å². The van der Waals surface area contributed by atoms with Crippen LogP contribution in [0, 0.1) is 0 Å². The SMILES string of the molecule is CC(C)(C)OC(=O)CCC[C@@H](N)c1cccc(Br)c1. The van der Waals surface area contributed by atoms with Crippen molar-refractivity contribution in [1.82, 2.24) is 0 Å². The van der Waals surface area contributed by atoms with Gasteiger partial charge in [0.2, 0.25) is 0 Å². The van der Waals surface area contributed by atoms with Crippen LogP contribution in [0.3, 0.4) is 0 Å². The second kappa shape index (κ2) is 7.06. The third-order valence-corrected chi connectivity index (χ3v) is 3.09. The lowest BCUT2D eigenvalue weighted by atomic mass is 10.0. The van der Waals surface area contributed by atoms with E-state index >= 15 is 0 Å². The number of benzene rings is 1. The van der Waals surface area contributed by atoms with Gasteiger partial charge in [-0.1, -0.05) is 28.1 Å². The maximum atomic E-state index is 11.6. The average molecular weight is 328 g/mol. The van der Waals surface area contributed by atoms with Crippen LogP contribution in [-0.2, 0) is 9.53 Å². The Kier molecular flexibility index (Phi) is 6.01. The second-order valence-corrected chi connectivity index (χ2v) is 6.56. The minimum Gasteiger partial charge on any atom is -0.460 e. The quantitative estimate of drug-likeness (QED) is 0.833. The highest BCUT2D eigenvalue weighted by Crippen LogP contribution is 2.21. The fourth-order valence-electron chi connectivity index (χ4n) is 1.76. The number of carbonyl (C=O) groups excluding carboxylic acids is 1. The Morgan fingerprint density at radius 3 is 2.68 bits per heavy atom. The molecule has 0 aliphatic carbocycles. The molecular formula is C15H22BrNO2. The molecule has 0 unspecified atom stereocenters. The van der Waals surface area contributed by atoms with Crippen molar-refractivity contribution >= 4 is 21.9 Å². The lowest BCUT2D eigenvalue weighted by Gasteiger charge is -2.19. The molecule has 1 aromatic rings. The van der Waals surface area contributed by atoms with Gasteiger partial charge in [-0.2, -0.15) is 0 Å². The third kappa shape index (κ3) is 6.73. The van der Waals surface area contributed by atoms with Gasteiger partial charge in [-0.15, -0.1) is 0 Å². The zero-order valence-corrected chi connectivity index (χ0v) is 13.4. The number of esters is 1. The van der Waals surface area contributed by atoms with Crippen LogP contribution < -0.4 is 5.73 Å². The largest absolute Gasteiger partial charge is 0.460 e. The van der Waals surface area contributed by atoms with Crippen LogP contribution in [0.5, 0.6) is 0 Å². The molecule has 0 saturated carbocycles. The molecule has 4 heteroatoms. The van der Waals surface area contributed by atoms with Crippen molar-refractivity contribution in [2.75, 3.05) is 0 Å². The zero-order chi connectivity index (χ0) is 14.5. The molecule has 0 amide bonds. The first-order chi connectivity index (χ1) is 8.78. The van der Waals surface area contributed by atoms with Crippen LogP contribution in [0.2, 0.25) is 0 Å². The number of hydrogen-bond acceptors (Lipinski definition) is 3. The van der Waals surface area contributed by atoms with Crippen molar-refractivity contribution in [1.29, 1.82) is 0 Å².